The summed E-state index contributed by atoms with van der Waals surface area (Å²) in [6.07, 6.45) is -0.565. The van der Waals surface area contributed by atoms with Gasteiger partial charge in [-0.3, -0.25) is 4.79 Å². The average molecular weight is 285 g/mol. The van der Waals surface area contributed by atoms with Crippen LogP contribution in [-0.4, -0.2) is 29.2 Å². The van der Waals surface area contributed by atoms with Crippen LogP contribution in [-0.2, 0) is 11.2 Å². The molecule has 0 heterocycles. The lowest BCUT2D eigenvalue weighted by Gasteiger charge is -2.23. The Morgan fingerprint density at radius 3 is 2.37 bits per heavy atom. The van der Waals surface area contributed by atoms with E-state index in [2.05, 4.69) is 10.6 Å². The fraction of sp³-hybridized carbons (Fsp3) is 0.385. The van der Waals surface area contributed by atoms with Crippen molar-refractivity contribution in [3.63, 3.8) is 0 Å². The third-order valence-electron chi connectivity index (χ3n) is 2.60. The van der Waals surface area contributed by atoms with Crippen molar-refractivity contribution >= 4 is 23.6 Å². The molecular formula is C13H17ClN2O3. The van der Waals surface area contributed by atoms with Crippen molar-refractivity contribution in [3.8, 4) is 0 Å². The standard InChI is InChI=1S/C13H17ClN2O3/c1-13(2,16-12(18)19)11(17)15-8-7-9-3-5-10(14)6-4-9/h3-6,16H,7-8H2,1-2H3,(H,15,17)(H,18,19). The van der Waals surface area contributed by atoms with Gasteiger partial charge in [-0.1, -0.05) is 23.7 Å². The number of carboxylic acid groups (broad SMARTS) is 1. The molecule has 6 heteroatoms. The average Bonchev–Trinajstić information content (AvgIpc) is 2.30. The van der Waals surface area contributed by atoms with Crippen LogP contribution < -0.4 is 10.6 Å². The van der Waals surface area contributed by atoms with E-state index in [1.807, 2.05) is 12.1 Å². The Morgan fingerprint density at radius 1 is 1.26 bits per heavy atom. The van der Waals surface area contributed by atoms with Crippen molar-refractivity contribution in [2.45, 2.75) is 25.8 Å². The molecule has 19 heavy (non-hydrogen) atoms. The molecule has 0 fully saturated rings. The Labute approximate surface area is 117 Å². The van der Waals surface area contributed by atoms with Crippen molar-refractivity contribution in [1.82, 2.24) is 10.6 Å². The van der Waals surface area contributed by atoms with Crippen LogP contribution in [0.2, 0.25) is 5.02 Å². The summed E-state index contributed by atoms with van der Waals surface area (Å²) in [6.45, 7) is 3.46. The van der Waals surface area contributed by atoms with Gasteiger partial charge in [-0.15, -0.1) is 0 Å². The lowest BCUT2D eigenvalue weighted by Crippen LogP contribution is -2.54. The molecule has 1 aromatic carbocycles. The van der Waals surface area contributed by atoms with E-state index in [4.69, 9.17) is 16.7 Å². The summed E-state index contributed by atoms with van der Waals surface area (Å²) in [5.74, 6) is -0.358. The summed E-state index contributed by atoms with van der Waals surface area (Å²) >= 11 is 5.77. The maximum Gasteiger partial charge on any atom is 0.405 e. The molecule has 1 aromatic rings. The van der Waals surface area contributed by atoms with Gasteiger partial charge in [0.1, 0.15) is 5.54 Å². The molecule has 0 saturated carbocycles. The number of hydrogen-bond donors (Lipinski definition) is 3. The summed E-state index contributed by atoms with van der Waals surface area (Å²) < 4.78 is 0. The molecule has 3 N–H and O–H groups in total. The summed E-state index contributed by atoms with van der Waals surface area (Å²) in [7, 11) is 0. The first kappa shape index (κ1) is 15.3. The summed E-state index contributed by atoms with van der Waals surface area (Å²) in [6, 6.07) is 7.34. The normalized spacial score (nSPS) is 10.9. The predicted molar refractivity (Wildman–Crippen MR) is 73.4 cm³/mol. The largest absolute Gasteiger partial charge is 0.465 e. The van der Waals surface area contributed by atoms with Crippen LogP contribution in [0.1, 0.15) is 19.4 Å². The van der Waals surface area contributed by atoms with Crippen LogP contribution >= 0.6 is 11.6 Å². The zero-order chi connectivity index (χ0) is 14.5. The van der Waals surface area contributed by atoms with E-state index in [0.717, 1.165) is 5.56 Å². The summed E-state index contributed by atoms with van der Waals surface area (Å²) in [5.41, 5.74) is -0.0973. The second-order valence-electron chi connectivity index (χ2n) is 4.69. The lowest BCUT2D eigenvalue weighted by atomic mass is 10.0. The maximum atomic E-state index is 11.8. The van der Waals surface area contributed by atoms with Gasteiger partial charge in [0.2, 0.25) is 5.91 Å². The molecule has 0 aliphatic heterocycles. The third-order valence-corrected chi connectivity index (χ3v) is 2.85. The quantitative estimate of drug-likeness (QED) is 0.774. The van der Waals surface area contributed by atoms with E-state index in [0.29, 0.717) is 18.0 Å². The fourth-order valence-corrected chi connectivity index (χ4v) is 1.64. The van der Waals surface area contributed by atoms with Crippen molar-refractivity contribution in [2.75, 3.05) is 6.54 Å². The number of halogens is 1. The maximum absolute atomic E-state index is 11.8. The van der Waals surface area contributed by atoms with Gasteiger partial charge in [-0.2, -0.15) is 0 Å². The molecule has 0 saturated heterocycles. The van der Waals surface area contributed by atoms with Gasteiger partial charge in [0.05, 0.1) is 0 Å². The predicted octanol–water partition coefficient (Wildman–Crippen LogP) is 2.04. The molecular weight excluding hydrogens is 268 g/mol. The topological polar surface area (TPSA) is 78.4 Å². The van der Waals surface area contributed by atoms with Gasteiger partial charge in [0.15, 0.2) is 0 Å². The van der Waals surface area contributed by atoms with Gasteiger partial charge in [-0.25, -0.2) is 4.79 Å². The number of benzene rings is 1. The molecule has 0 aromatic heterocycles. The number of hydrogen-bond acceptors (Lipinski definition) is 2. The monoisotopic (exact) mass is 284 g/mol. The second kappa shape index (κ2) is 6.43. The zero-order valence-corrected chi connectivity index (χ0v) is 11.6. The van der Waals surface area contributed by atoms with Crippen LogP contribution in [0, 0.1) is 0 Å². The molecule has 104 valence electrons. The second-order valence-corrected chi connectivity index (χ2v) is 5.12. The summed E-state index contributed by atoms with van der Waals surface area (Å²) in [5, 5.41) is 14.1. The molecule has 0 bridgehead atoms. The molecule has 0 atom stereocenters. The Balaban J connectivity index is 2.42. The van der Waals surface area contributed by atoms with E-state index >= 15 is 0 Å². The molecule has 0 radical (unpaired) electrons. The Kier molecular flexibility index (Phi) is 5.18. The van der Waals surface area contributed by atoms with Gasteiger partial charge >= 0.3 is 6.09 Å². The van der Waals surface area contributed by atoms with Crippen molar-refractivity contribution in [1.29, 1.82) is 0 Å². The Hall–Kier alpha value is -1.75. The Bertz CT molecular complexity index is 457. The fourth-order valence-electron chi connectivity index (χ4n) is 1.52. The number of nitrogens with one attached hydrogen (secondary N) is 2. The smallest absolute Gasteiger partial charge is 0.405 e. The van der Waals surface area contributed by atoms with Gasteiger partial charge in [-0.05, 0) is 38.0 Å². The summed E-state index contributed by atoms with van der Waals surface area (Å²) in [4.78, 5) is 22.3. The first-order chi connectivity index (χ1) is 8.81. The molecule has 0 spiro atoms. The van der Waals surface area contributed by atoms with E-state index < -0.39 is 11.6 Å². The van der Waals surface area contributed by atoms with Gasteiger partial charge < -0.3 is 15.7 Å². The van der Waals surface area contributed by atoms with Crippen molar-refractivity contribution < 1.29 is 14.7 Å². The first-order valence-electron chi connectivity index (χ1n) is 5.85. The van der Waals surface area contributed by atoms with Crippen molar-refractivity contribution in [3.05, 3.63) is 34.9 Å². The van der Waals surface area contributed by atoms with Crippen LogP contribution in [0.5, 0.6) is 0 Å². The van der Waals surface area contributed by atoms with E-state index in [-0.39, 0.29) is 5.91 Å². The van der Waals surface area contributed by atoms with E-state index in [1.54, 1.807) is 12.1 Å². The van der Waals surface area contributed by atoms with Gasteiger partial charge in [0.25, 0.3) is 0 Å². The highest BCUT2D eigenvalue weighted by atomic mass is 35.5. The lowest BCUT2D eigenvalue weighted by molar-refractivity contribution is -0.126. The third kappa shape index (κ3) is 5.18. The molecule has 0 unspecified atom stereocenters. The highest BCUT2D eigenvalue weighted by molar-refractivity contribution is 6.30. The highest BCUT2D eigenvalue weighted by Gasteiger charge is 2.28. The minimum atomic E-state index is -1.22. The minimum absolute atomic E-state index is 0.358. The van der Waals surface area contributed by atoms with Crippen LogP contribution in [0.4, 0.5) is 4.79 Å². The van der Waals surface area contributed by atoms with Gasteiger partial charge in [0, 0.05) is 11.6 Å². The number of carbonyl (C=O) groups excluding carboxylic acids is 1. The number of carbonyl (C=O) groups is 2. The molecule has 0 aliphatic rings. The molecule has 0 aliphatic carbocycles. The first-order valence-corrected chi connectivity index (χ1v) is 6.23. The number of rotatable bonds is 5. The van der Waals surface area contributed by atoms with E-state index in [1.165, 1.54) is 13.8 Å². The Morgan fingerprint density at radius 2 is 1.84 bits per heavy atom. The molecule has 2 amide bonds. The van der Waals surface area contributed by atoms with Crippen LogP contribution in [0.3, 0.4) is 0 Å². The van der Waals surface area contributed by atoms with E-state index in [9.17, 15) is 9.59 Å². The minimum Gasteiger partial charge on any atom is -0.465 e. The molecule has 5 nitrogen and oxygen atoms in total. The van der Waals surface area contributed by atoms with Crippen molar-refractivity contribution in [2.24, 2.45) is 0 Å². The van der Waals surface area contributed by atoms with Crippen LogP contribution in [0.15, 0.2) is 24.3 Å². The highest BCUT2D eigenvalue weighted by Crippen LogP contribution is 2.09. The van der Waals surface area contributed by atoms with Crippen LogP contribution in [0.25, 0.3) is 0 Å². The molecule has 1 rings (SSSR count). The zero-order valence-electron chi connectivity index (χ0n) is 10.9. The number of amides is 2. The SMILES string of the molecule is CC(C)(NC(=O)O)C(=O)NCCc1ccc(Cl)cc1.